The summed E-state index contributed by atoms with van der Waals surface area (Å²) < 4.78 is 11.1. The monoisotopic (exact) mass is 351 g/mol. The number of nitrogens with one attached hydrogen (secondary N) is 1. The molecule has 1 N–H and O–H groups in total. The number of furan rings is 1. The van der Waals surface area contributed by atoms with E-state index in [-0.39, 0.29) is 5.57 Å². The van der Waals surface area contributed by atoms with Gasteiger partial charge >= 0.3 is 0 Å². The Morgan fingerprint density at radius 2 is 1.96 bits per heavy atom. The highest BCUT2D eigenvalue weighted by atomic mass is 16.5. The molecule has 1 fully saturated rings. The number of nitriles is 1. The fraction of sp³-hybridized carbons (Fsp3) is 0.300. The van der Waals surface area contributed by atoms with Crippen LogP contribution in [-0.2, 0) is 9.53 Å². The minimum absolute atomic E-state index is 0.00824. The van der Waals surface area contributed by atoms with Crippen LogP contribution in [0, 0.1) is 25.2 Å². The summed E-state index contributed by atoms with van der Waals surface area (Å²) in [5, 5.41) is 12.1. The third-order valence-corrected chi connectivity index (χ3v) is 4.35. The quantitative estimate of drug-likeness (QED) is 0.675. The molecule has 0 aliphatic carbocycles. The first kappa shape index (κ1) is 17.8. The zero-order valence-electron chi connectivity index (χ0n) is 14.9. The highest BCUT2D eigenvalue weighted by molar-refractivity contribution is 6.09. The normalized spacial score (nSPS) is 14.8. The Morgan fingerprint density at radius 1 is 1.19 bits per heavy atom. The van der Waals surface area contributed by atoms with Crippen LogP contribution in [-0.4, -0.2) is 32.2 Å². The molecule has 1 amide bonds. The van der Waals surface area contributed by atoms with Crippen molar-refractivity contribution in [2.24, 2.45) is 0 Å². The van der Waals surface area contributed by atoms with E-state index in [1.54, 1.807) is 6.07 Å². The Kier molecular flexibility index (Phi) is 5.40. The van der Waals surface area contributed by atoms with Crippen molar-refractivity contribution in [1.29, 1.82) is 5.26 Å². The van der Waals surface area contributed by atoms with E-state index in [9.17, 15) is 10.1 Å². The molecule has 0 radical (unpaired) electrons. The molecule has 2 heterocycles. The standard InChI is InChI=1S/C20H21N3O3/c1-14-3-4-17(11-15(14)2)22-20(24)16(13-21)12-18-5-6-19(26-18)23-7-9-25-10-8-23/h3-6,11-12H,7-10H2,1-2H3,(H,22,24)/b16-12-. The van der Waals surface area contributed by atoms with Gasteiger partial charge in [-0.15, -0.1) is 0 Å². The van der Waals surface area contributed by atoms with Gasteiger partial charge in [-0.05, 0) is 43.2 Å². The Morgan fingerprint density at radius 3 is 2.65 bits per heavy atom. The molecule has 134 valence electrons. The Hall–Kier alpha value is -3.04. The molecular formula is C20H21N3O3. The van der Waals surface area contributed by atoms with E-state index in [0.717, 1.165) is 24.2 Å². The second-order valence-electron chi connectivity index (χ2n) is 6.20. The van der Waals surface area contributed by atoms with E-state index in [2.05, 4.69) is 10.2 Å². The van der Waals surface area contributed by atoms with Crippen molar-refractivity contribution in [3.63, 3.8) is 0 Å². The number of nitrogens with zero attached hydrogens (tertiary/aromatic N) is 2. The summed E-state index contributed by atoms with van der Waals surface area (Å²) >= 11 is 0. The van der Waals surface area contributed by atoms with Gasteiger partial charge in [0, 0.05) is 30.9 Å². The second kappa shape index (κ2) is 7.89. The van der Waals surface area contributed by atoms with Crippen molar-refractivity contribution >= 4 is 23.6 Å². The van der Waals surface area contributed by atoms with E-state index >= 15 is 0 Å². The smallest absolute Gasteiger partial charge is 0.266 e. The SMILES string of the molecule is Cc1ccc(NC(=O)/C(C#N)=C\c2ccc(N3CCOCC3)o2)cc1C. The van der Waals surface area contributed by atoms with E-state index in [4.69, 9.17) is 9.15 Å². The maximum Gasteiger partial charge on any atom is 0.266 e. The minimum Gasteiger partial charge on any atom is -0.441 e. The van der Waals surface area contributed by atoms with Gasteiger partial charge in [-0.25, -0.2) is 0 Å². The summed E-state index contributed by atoms with van der Waals surface area (Å²) in [6.45, 7) is 6.82. The number of aryl methyl sites for hydroxylation is 2. The van der Waals surface area contributed by atoms with Crippen LogP contribution in [0.15, 0.2) is 40.3 Å². The minimum atomic E-state index is -0.458. The lowest BCUT2D eigenvalue weighted by Gasteiger charge is -2.26. The van der Waals surface area contributed by atoms with Gasteiger partial charge in [0.1, 0.15) is 17.4 Å². The third-order valence-electron chi connectivity index (χ3n) is 4.35. The lowest BCUT2D eigenvalue weighted by Crippen LogP contribution is -2.35. The fourth-order valence-electron chi connectivity index (χ4n) is 2.68. The van der Waals surface area contributed by atoms with Gasteiger partial charge in [0.15, 0.2) is 5.88 Å². The molecule has 1 saturated heterocycles. The van der Waals surface area contributed by atoms with Gasteiger partial charge in [-0.2, -0.15) is 5.26 Å². The molecule has 3 rings (SSSR count). The first-order valence-electron chi connectivity index (χ1n) is 8.50. The van der Waals surface area contributed by atoms with Crippen LogP contribution < -0.4 is 10.2 Å². The van der Waals surface area contributed by atoms with Crippen molar-refractivity contribution in [1.82, 2.24) is 0 Å². The maximum absolute atomic E-state index is 12.4. The number of carbonyl (C=O) groups is 1. The van der Waals surface area contributed by atoms with E-state index in [1.165, 1.54) is 6.08 Å². The molecule has 6 nitrogen and oxygen atoms in total. The summed E-state index contributed by atoms with van der Waals surface area (Å²) in [6, 6.07) is 11.2. The molecule has 1 aromatic carbocycles. The van der Waals surface area contributed by atoms with Gasteiger partial charge in [0.2, 0.25) is 0 Å². The van der Waals surface area contributed by atoms with Gasteiger partial charge in [0.25, 0.3) is 5.91 Å². The maximum atomic E-state index is 12.4. The lowest BCUT2D eigenvalue weighted by atomic mass is 10.1. The number of hydrogen-bond acceptors (Lipinski definition) is 5. The van der Waals surface area contributed by atoms with Crippen LogP contribution >= 0.6 is 0 Å². The molecule has 0 unspecified atom stereocenters. The Balaban J connectivity index is 1.73. The Labute approximate surface area is 152 Å². The van der Waals surface area contributed by atoms with Crippen LogP contribution in [0.4, 0.5) is 11.6 Å². The third kappa shape index (κ3) is 4.13. The predicted octanol–water partition coefficient (Wildman–Crippen LogP) is 3.28. The van der Waals surface area contributed by atoms with Crippen LogP contribution in [0.5, 0.6) is 0 Å². The first-order chi connectivity index (χ1) is 12.6. The van der Waals surface area contributed by atoms with Crippen LogP contribution in [0.1, 0.15) is 16.9 Å². The van der Waals surface area contributed by atoms with E-state index in [0.29, 0.717) is 30.5 Å². The summed E-state index contributed by atoms with van der Waals surface area (Å²) in [4.78, 5) is 14.5. The molecule has 1 aliphatic rings. The summed E-state index contributed by atoms with van der Waals surface area (Å²) in [5.41, 5.74) is 2.87. The first-order valence-corrected chi connectivity index (χ1v) is 8.50. The molecule has 0 saturated carbocycles. The number of benzene rings is 1. The number of anilines is 2. The molecule has 0 spiro atoms. The van der Waals surface area contributed by atoms with E-state index in [1.807, 2.05) is 44.2 Å². The summed E-state index contributed by atoms with van der Waals surface area (Å²) in [6.07, 6.45) is 1.46. The van der Waals surface area contributed by atoms with Crippen molar-refractivity contribution in [2.45, 2.75) is 13.8 Å². The molecule has 2 aromatic rings. The van der Waals surface area contributed by atoms with Crippen molar-refractivity contribution < 1.29 is 13.9 Å². The topological polar surface area (TPSA) is 78.5 Å². The number of carbonyl (C=O) groups excluding carboxylic acids is 1. The lowest BCUT2D eigenvalue weighted by molar-refractivity contribution is -0.112. The average Bonchev–Trinajstić information content (AvgIpc) is 3.12. The van der Waals surface area contributed by atoms with Gasteiger partial charge in [-0.1, -0.05) is 6.07 Å². The zero-order valence-corrected chi connectivity index (χ0v) is 14.9. The molecular weight excluding hydrogens is 330 g/mol. The molecule has 26 heavy (non-hydrogen) atoms. The molecule has 0 atom stereocenters. The predicted molar refractivity (Wildman–Crippen MR) is 99.9 cm³/mol. The number of ether oxygens (including phenoxy) is 1. The van der Waals surface area contributed by atoms with Gasteiger partial charge in [-0.3, -0.25) is 4.79 Å². The summed E-state index contributed by atoms with van der Waals surface area (Å²) in [5.74, 6) is 0.727. The van der Waals surface area contributed by atoms with Crippen molar-refractivity contribution in [2.75, 3.05) is 36.5 Å². The van der Waals surface area contributed by atoms with Crippen LogP contribution in [0.25, 0.3) is 6.08 Å². The molecule has 1 aromatic heterocycles. The number of morpholine rings is 1. The molecule has 0 bridgehead atoms. The van der Waals surface area contributed by atoms with Crippen LogP contribution in [0.3, 0.4) is 0 Å². The fourth-order valence-corrected chi connectivity index (χ4v) is 2.68. The number of hydrogen-bond donors (Lipinski definition) is 1. The van der Waals surface area contributed by atoms with Crippen molar-refractivity contribution in [3.05, 3.63) is 52.8 Å². The largest absolute Gasteiger partial charge is 0.441 e. The molecule has 1 aliphatic heterocycles. The number of rotatable bonds is 4. The number of amides is 1. The van der Waals surface area contributed by atoms with Gasteiger partial charge < -0.3 is 19.4 Å². The molecule has 6 heteroatoms. The zero-order chi connectivity index (χ0) is 18.5. The average molecular weight is 351 g/mol. The highest BCUT2D eigenvalue weighted by Crippen LogP contribution is 2.22. The van der Waals surface area contributed by atoms with Crippen molar-refractivity contribution in [3.8, 4) is 6.07 Å². The highest BCUT2D eigenvalue weighted by Gasteiger charge is 2.15. The van der Waals surface area contributed by atoms with Gasteiger partial charge in [0.05, 0.1) is 13.2 Å². The Bertz CT molecular complexity index is 871. The second-order valence-corrected chi connectivity index (χ2v) is 6.20. The van der Waals surface area contributed by atoms with Crippen LogP contribution in [0.2, 0.25) is 0 Å². The summed E-state index contributed by atoms with van der Waals surface area (Å²) in [7, 11) is 0. The van der Waals surface area contributed by atoms with E-state index < -0.39 is 5.91 Å².